The van der Waals surface area contributed by atoms with E-state index >= 15 is 0 Å². The van der Waals surface area contributed by atoms with Crippen molar-refractivity contribution in [3.05, 3.63) is 23.7 Å². The van der Waals surface area contributed by atoms with E-state index in [0.29, 0.717) is 31.9 Å². The van der Waals surface area contributed by atoms with E-state index in [0.717, 1.165) is 5.76 Å². The van der Waals surface area contributed by atoms with Crippen molar-refractivity contribution in [2.75, 3.05) is 26.2 Å². The highest BCUT2D eigenvalue weighted by atomic mass is 16.3. The summed E-state index contributed by atoms with van der Waals surface area (Å²) in [7, 11) is 0. The molecule has 0 bridgehead atoms. The summed E-state index contributed by atoms with van der Waals surface area (Å²) in [5.41, 5.74) is 0. The second-order valence-corrected chi connectivity index (χ2v) is 4.21. The first-order valence-electron chi connectivity index (χ1n) is 5.69. The molecular weight excluding hydrogens is 220 g/mol. The predicted molar refractivity (Wildman–Crippen MR) is 61.6 cm³/mol. The van der Waals surface area contributed by atoms with Crippen molar-refractivity contribution in [1.82, 2.24) is 9.80 Å². The number of amides is 2. The fourth-order valence-electron chi connectivity index (χ4n) is 1.93. The molecule has 1 aromatic rings. The molecule has 2 amide bonds. The Hall–Kier alpha value is -1.78. The van der Waals surface area contributed by atoms with Crippen LogP contribution >= 0.6 is 0 Å². The topological polar surface area (TPSA) is 53.8 Å². The monoisotopic (exact) mass is 236 g/mol. The molecule has 2 heterocycles. The molecule has 1 fully saturated rings. The SMILES string of the molecule is CC(=O)N1CCN(C(=O)c2ccc(C)o2)CC1. The van der Waals surface area contributed by atoms with Crippen molar-refractivity contribution in [3.8, 4) is 0 Å². The molecule has 1 aromatic heterocycles. The highest BCUT2D eigenvalue weighted by Crippen LogP contribution is 2.11. The predicted octanol–water partition coefficient (Wildman–Crippen LogP) is 0.892. The molecule has 5 heteroatoms. The Morgan fingerprint density at radius 3 is 2.18 bits per heavy atom. The van der Waals surface area contributed by atoms with Gasteiger partial charge < -0.3 is 14.2 Å². The largest absolute Gasteiger partial charge is 0.456 e. The van der Waals surface area contributed by atoms with Crippen LogP contribution in [0.25, 0.3) is 0 Å². The summed E-state index contributed by atoms with van der Waals surface area (Å²) in [4.78, 5) is 26.6. The molecule has 17 heavy (non-hydrogen) atoms. The average molecular weight is 236 g/mol. The zero-order chi connectivity index (χ0) is 12.4. The fraction of sp³-hybridized carbons (Fsp3) is 0.500. The summed E-state index contributed by atoms with van der Waals surface area (Å²) in [5.74, 6) is 1.07. The van der Waals surface area contributed by atoms with Crippen LogP contribution in [0.1, 0.15) is 23.2 Å². The average Bonchev–Trinajstić information content (AvgIpc) is 2.75. The van der Waals surface area contributed by atoms with Crippen LogP contribution in [0.3, 0.4) is 0 Å². The molecule has 0 N–H and O–H groups in total. The number of furan rings is 1. The van der Waals surface area contributed by atoms with E-state index in [1.807, 2.05) is 6.92 Å². The van der Waals surface area contributed by atoms with Crippen molar-refractivity contribution in [2.45, 2.75) is 13.8 Å². The van der Waals surface area contributed by atoms with E-state index in [9.17, 15) is 9.59 Å². The Morgan fingerprint density at radius 2 is 1.71 bits per heavy atom. The highest BCUT2D eigenvalue weighted by Gasteiger charge is 2.24. The van der Waals surface area contributed by atoms with Gasteiger partial charge in [0.2, 0.25) is 5.91 Å². The smallest absolute Gasteiger partial charge is 0.289 e. The number of hydrogen-bond acceptors (Lipinski definition) is 3. The third-order valence-electron chi connectivity index (χ3n) is 2.96. The van der Waals surface area contributed by atoms with E-state index in [1.165, 1.54) is 0 Å². The lowest BCUT2D eigenvalue weighted by molar-refractivity contribution is -0.130. The molecule has 1 aliphatic heterocycles. The number of rotatable bonds is 1. The summed E-state index contributed by atoms with van der Waals surface area (Å²) < 4.78 is 5.30. The molecule has 0 atom stereocenters. The van der Waals surface area contributed by atoms with Gasteiger partial charge in [0.25, 0.3) is 5.91 Å². The molecule has 0 saturated carbocycles. The number of hydrogen-bond donors (Lipinski definition) is 0. The normalized spacial score (nSPS) is 16.1. The van der Waals surface area contributed by atoms with Crippen LogP contribution in [0.15, 0.2) is 16.5 Å². The van der Waals surface area contributed by atoms with Gasteiger partial charge in [0.15, 0.2) is 5.76 Å². The van der Waals surface area contributed by atoms with Gasteiger partial charge in [-0.1, -0.05) is 0 Å². The lowest BCUT2D eigenvalue weighted by atomic mass is 10.3. The van der Waals surface area contributed by atoms with E-state index in [1.54, 1.807) is 28.9 Å². The molecule has 0 aromatic carbocycles. The molecule has 1 saturated heterocycles. The first kappa shape index (κ1) is 11.7. The van der Waals surface area contributed by atoms with E-state index in [2.05, 4.69) is 0 Å². The first-order chi connectivity index (χ1) is 8.08. The molecule has 5 nitrogen and oxygen atoms in total. The number of carbonyl (C=O) groups is 2. The molecule has 0 aliphatic carbocycles. The Labute approximate surface area is 100.0 Å². The molecule has 0 radical (unpaired) electrons. The van der Waals surface area contributed by atoms with Gasteiger partial charge in [0.1, 0.15) is 5.76 Å². The number of nitrogens with zero attached hydrogens (tertiary/aromatic N) is 2. The first-order valence-corrected chi connectivity index (χ1v) is 5.69. The van der Waals surface area contributed by atoms with Gasteiger partial charge in [-0.05, 0) is 19.1 Å². The Balaban J connectivity index is 1.97. The maximum Gasteiger partial charge on any atom is 0.289 e. The van der Waals surface area contributed by atoms with Gasteiger partial charge in [-0.2, -0.15) is 0 Å². The van der Waals surface area contributed by atoms with Crippen LogP contribution in [0.5, 0.6) is 0 Å². The van der Waals surface area contributed by atoms with Gasteiger partial charge >= 0.3 is 0 Å². The minimum Gasteiger partial charge on any atom is -0.456 e. The molecule has 1 aliphatic rings. The standard InChI is InChI=1S/C12H16N2O3/c1-9-3-4-11(17-9)12(16)14-7-5-13(6-8-14)10(2)15/h3-4H,5-8H2,1-2H3. The minimum absolute atomic E-state index is 0.0611. The molecular formula is C12H16N2O3. The van der Waals surface area contributed by atoms with Crippen molar-refractivity contribution in [3.63, 3.8) is 0 Å². The second kappa shape index (κ2) is 4.61. The number of carbonyl (C=O) groups excluding carboxylic acids is 2. The van der Waals surface area contributed by atoms with Gasteiger partial charge in [-0.25, -0.2) is 0 Å². The summed E-state index contributed by atoms with van der Waals surface area (Å²) in [5, 5.41) is 0. The van der Waals surface area contributed by atoms with Gasteiger partial charge in [-0.3, -0.25) is 9.59 Å². The Kier molecular flexibility index (Phi) is 3.17. The quantitative estimate of drug-likeness (QED) is 0.727. The lowest BCUT2D eigenvalue weighted by Gasteiger charge is -2.33. The van der Waals surface area contributed by atoms with Crippen LogP contribution in [0.4, 0.5) is 0 Å². The molecule has 0 spiro atoms. The number of aryl methyl sites for hydroxylation is 1. The molecule has 2 rings (SSSR count). The Morgan fingerprint density at radius 1 is 1.12 bits per heavy atom. The van der Waals surface area contributed by atoms with E-state index < -0.39 is 0 Å². The lowest BCUT2D eigenvalue weighted by Crippen LogP contribution is -2.50. The Bertz CT molecular complexity index is 431. The zero-order valence-corrected chi connectivity index (χ0v) is 10.1. The summed E-state index contributed by atoms with van der Waals surface area (Å²) in [6.07, 6.45) is 0. The van der Waals surface area contributed by atoms with Gasteiger partial charge in [0.05, 0.1) is 0 Å². The molecule has 0 unspecified atom stereocenters. The third-order valence-corrected chi connectivity index (χ3v) is 2.96. The summed E-state index contributed by atoms with van der Waals surface area (Å²) in [6, 6.07) is 3.47. The van der Waals surface area contributed by atoms with Crippen LogP contribution < -0.4 is 0 Å². The van der Waals surface area contributed by atoms with Crippen molar-refractivity contribution in [1.29, 1.82) is 0 Å². The van der Waals surface area contributed by atoms with E-state index in [4.69, 9.17) is 4.42 Å². The third kappa shape index (κ3) is 2.49. The number of piperazine rings is 1. The van der Waals surface area contributed by atoms with Crippen molar-refractivity contribution >= 4 is 11.8 Å². The summed E-state index contributed by atoms with van der Waals surface area (Å²) >= 11 is 0. The van der Waals surface area contributed by atoms with E-state index in [-0.39, 0.29) is 11.8 Å². The minimum atomic E-state index is -0.0960. The zero-order valence-electron chi connectivity index (χ0n) is 10.1. The van der Waals surface area contributed by atoms with Gasteiger partial charge in [0, 0.05) is 33.1 Å². The molecule has 92 valence electrons. The maximum absolute atomic E-state index is 12.0. The fourth-order valence-corrected chi connectivity index (χ4v) is 1.93. The van der Waals surface area contributed by atoms with Crippen LogP contribution in [-0.2, 0) is 4.79 Å². The van der Waals surface area contributed by atoms with Crippen molar-refractivity contribution < 1.29 is 14.0 Å². The highest BCUT2D eigenvalue weighted by molar-refractivity contribution is 5.91. The van der Waals surface area contributed by atoms with Crippen molar-refractivity contribution in [2.24, 2.45) is 0 Å². The van der Waals surface area contributed by atoms with Crippen LogP contribution in [0, 0.1) is 6.92 Å². The van der Waals surface area contributed by atoms with Gasteiger partial charge in [-0.15, -0.1) is 0 Å². The van der Waals surface area contributed by atoms with Crippen LogP contribution in [-0.4, -0.2) is 47.8 Å². The second-order valence-electron chi connectivity index (χ2n) is 4.21. The summed E-state index contributed by atoms with van der Waals surface area (Å²) in [6.45, 7) is 5.69. The van der Waals surface area contributed by atoms with Crippen LogP contribution in [0.2, 0.25) is 0 Å². The maximum atomic E-state index is 12.0.